The van der Waals surface area contributed by atoms with Crippen LogP contribution in [0.2, 0.25) is 0 Å². The van der Waals surface area contributed by atoms with E-state index in [1.54, 1.807) is 55.7 Å². The minimum Gasteiger partial charge on any atom is -0.489 e. The first-order valence-electron chi connectivity index (χ1n) is 11.5. The van der Waals surface area contributed by atoms with Crippen molar-refractivity contribution in [3.63, 3.8) is 0 Å². The van der Waals surface area contributed by atoms with Gasteiger partial charge < -0.3 is 15.4 Å². The second-order valence-electron chi connectivity index (χ2n) is 8.44. The van der Waals surface area contributed by atoms with Crippen LogP contribution in [0.4, 0.5) is 5.69 Å². The highest BCUT2D eigenvalue weighted by molar-refractivity contribution is 6.39. The Labute approximate surface area is 208 Å². The number of nitrogens with zero attached hydrogens (tertiary/aromatic N) is 2. The van der Waals surface area contributed by atoms with Crippen molar-refractivity contribution in [1.82, 2.24) is 15.2 Å². The number of hydrogen-bond donors (Lipinski definition) is 2. The van der Waals surface area contributed by atoms with Gasteiger partial charge in [0.1, 0.15) is 12.4 Å². The van der Waals surface area contributed by atoms with E-state index in [-0.39, 0.29) is 31.2 Å². The molecule has 1 fully saturated rings. The third-order valence-corrected chi connectivity index (χ3v) is 5.77. The Balaban J connectivity index is 1.25. The summed E-state index contributed by atoms with van der Waals surface area (Å²) in [5, 5.41) is 5.24. The van der Waals surface area contributed by atoms with Gasteiger partial charge in [0.05, 0.1) is 12.6 Å². The summed E-state index contributed by atoms with van der Waals surface area (Å²) >= 11 is 0. The molecule has 3 aromatic rings. The zero-order valence-electron chi connectivity index (χ0n) is 19.8. The Hall–Kier alpha value is -4.53. The van der Waals surface area contributed by atoms with Crippen molar-refractivity contribution in [2.24, 2.45) is 0 Å². The SMILES string of the molecule is CC(NC(=O)C(=O)Nc1ccc(CN2C(=O)CCC2=O)cc1)c1ccc(OCc2cccnc2)cc1. The van der Waals surface area contributed by atoms with Gasteiger partial charge in [-0.15, -0.1) is 0 Å². The minimum absolute atomic E-state index is 0.185. The van der Waals surface area contributed by atoms with Gasteiger partial charge in [-0.1, -0.05) is 30.3 Å². The molecule has 0 radical (unpaired) electrons. The van der Waals surface area contributed by atoms with E-state index in [0.717, 1.165) is 16.7 Å². The number of rotatable bonds is 8. The van der Waals surface area contributed by atoms with E-state index in [0.29, 0.717) is 18.0 Å². The van der Waals surface area contributed by atoms with Crippen LogP contribution in [0.15, 0.2) is 73.1 Å². The molecule has 2 heterocycles. The molecule has 0 bridgehead atoms. The number of ether oxygens (including phenoxy) is 1. The normalized spacial score (nSPS) is 13.9. The van der Waals surface area contributed by atoms with Crippen molar-refractivity contribution >= 4 is 29.3 Å². The van der Waals surface area contributed by atoms with Crippen molar-refractivity contribution in [3.8, 4) is 5.75 Å². The molecular formula is C27H26N4O5. The van der Waals surface area contributed by atoms with E-state index in [1.807, 2.05) is 24.3 Å². The highest BCUT2D eigenvalue weighted by Gasteiger charge is 2.28. The first kappa shape index (κ1) is 24.6. The number of hydrogen-bond acceptors (Lipinski definition) is 6. The topological polar surface area (TPSA) is 118 Å². The summed E-state index contributed by atoms with van der Waals surface area (Å²) in [6.45, 7) is 2.37. The van der Waals surface area contributed by atoms with Crippen molar-refractivity contribution < 1.29 is 23.9 Å². The number of benzene rings is 2. The maximum atomic E-state index is 12.4. The van der Waals surface area contributed by atoms with Crippen molar-refractivity contribution in [2.45, 2.75) is 39.0 Å². The molecular weight excluding hydrogens is 460 g/mol. The molecule has 1 aliphatic rings. The lowest BCUT2D eigenvalue weighted by Gasteiger charge is -2.15. The van der Waals surface area contributed by atoms with Crippen LogP contribution in [0, 0.1) is 0 Å². The molecule has 184 valence electrons. The van der Waals surface area contributed by atoms with Crippen molar-refractivity contribution in [1.29, 1.82) is 0 Å². The van der Waals surface area contributed by atoms with Gasteiger partial charge in [0.2, 0.25) is 11.8 Å². The first-order valence-corrected chi connectivity index (χ1v) is 11.5. The number of likely N-dealkylation sites (tertiary alicyclic amines) is 1. The largest absolute Gasteiger partial charge is 0.489 e. The number of pyridine rings is 1. The quantitative estimate of drug-likeness (QED) is 0.373. The minimum atomic E-state index is -0.795. The number of nitrogens with one attached hydrogen (secondary N) is 2. The third-order valence-electron chi connectivity index (χ3n) is 5.77. The summed E-state index contributed by atoms with van der Waals surface area (Å²) in [5.74, 6) is -1.25. The van der Waals surface area contributed by atoms with Gasteiger partial charge in [-0.3, -0.25) is 29.1 Å². The maximum Gasteiger partial charge on any atom is 0.313 e. The van der Waals surface area contributed by atoms with Gasteiger partial charge in [0.15, 0.2) is 0 Å². The predicted molar refractivity (Wildman–Crippen MR) is 131 cm³/mol. The summed E-state index contributed by atoms with van der Waals surface area (Å²) < 4.78 is 5.74. The standard InChI is InChI=1S/C27H26N4O5/c1-18(21-6-10-23(11-7-21)36-17-20-3-2-14-28-15-20)29-26(34)27(35)30-22-8-4-19(5-9-22)16-31-24(32)12-13-25(31)33/h2-11,14-15,18H,12-13,16-17H2,1H3,(H,29,34)(H,30,35). The average Bonchev–Trinajstić information content (AvgIpc) is 3.21. The van der Waals surface area contributed by atoms with E-state index in [4.69, 9.17) is 4.74 Å². The van der Waals surface area contributed by atoms with E-state index in [9.17, 15) is 19.2 Å². The lowest BCUT2D eigenvalue weighted by molar-refractivity contribution is -0.139. The molecule has 0 saturated carbocycles. The van der Waals surface area contributed by atoms with Crippen LogP contribution >= 0.6 is 0 Å². The molecule has 1 unspecified atom stereocenters. The molecule has 4 amide bonds. The molecule has 9 nitrogen and oxygen atoms in total. The number of anilines is 1. The molecule has 36 heavy (non-hydrogen) atoms. The number of imide groups is 1. The lowest BCUT2D eigenvalue weighted by atomic mass is 10.1. The summed E-state index contributed by atoms with van der Waals surface area (Å²) in [6.07, 6.45) is 3.92. The van der Waals surface area contributed by atoms with Gasteiger partial charge in [-0.2, -0.15) is 0 Å². The molecule has 1 aromatic heterocycles. The van der Waals surface area contributed by atoms with Gasteiger partial charge >= 0.3 is 11.8 Å². The number of carbonyl (C=O) groups excluding carboxylic acids is 4. The van der Waals surface area contributed by atoms with Crippen LogP contribution < -0.4 is 15.4 Å². The van der Waals surface area contributed by atoms with E-state index < -0.39 is 17.9 Å². The molecule has 0 aliphatic carbocycles. The third kappa shape index (κ3) is 6.32. The molecule has 2 aromatic carbocycles. The zero-order valence-corrected chi connectivity index (χ0v) is 19.8. The second kappa shape index (κ2) is 11.3. The molecule has 1 aliphatic heterocycles. The zero-order chi connectivity index (χ0) is 25.5. The summed E-state index contributed by atoms with van der Waals surface area (Å²) in [7, 11) is 0. The van der Waals surface area contributed by atoms with Crippen molar-refractivity contribution in [3.05, 3.63) is 89.7 Å². The van der Waals surface area contributed by atoms with Crippen LogP contribution in [-0.2, 0) is 32.3 Å². The first-order chi connectivity index (χ1) is 17.4. The summed E-state index contributed by atoms with van der Waals surface area (Å²) in [5.41, 5.74) is 2.96. The Kier molecular flexibility index (Phi) is 7.69. The van der Waals surface area contributed by atoms with Gasteiger partial charge in [0, 0.05) is 36.5 Å². The molecule has 1 atom stereocenters. The van der Waals surface area contributed by atoms with Gasteiger partial charge in [-0.05, 0) is 48.4 Å². The molecule has 0 spiro atoms. The predicted octanol–water partition coefficient (Wildman–Crippen LogP) is 3.13. The van der Waals surface area contributed by atoms with Crippen LogP contribution in [-0.4, -0.2) is 33.5 Å². The second-order valence-corrected chi connectivity index (χ2v) is 8.44. The van der Waals surface area contributed by atoms with Crippen LogP contribution in [0.3, 0.4) is 0 Å². The van der Waals surface area contributed by atoms with Crippen molar-refractivity contribution in [2.75, 3.05) is 5.32 Å². The summed E-state index contributed by atoms with van der Waals surface area (Å²) in [6, 6.07) is 17.3. The maximum absolute atomic E-state index is 12.4. The summed E-state index contributed by atoms with van der Waals surface area (Å²) in [4.78, 5) is 53.5. The number of aromatic nitrogens is 1. The van der Waals surface area contributed by atoms with Crippen LogP contribution in [0.25, 0.3) is 0 Å². The Morgan fingerprint density at radius 1 is 0.944 bits per heavy atom. The molecule has 9 heteroatoms. The Morgan fingerprint density at radius 2 is 1.64 bits per heavy atom. The average molecular weight is 487 g/mol. The van der Waals surface area contributed by atoms with Gasteiger partial charge in [-0.25, -0.2) is 0 Å². The fraction of sp³-hybridized carbons (Fsp3) is 0.222. The smallest absolute Gasteiger partial charge is 0.313 e. The van der Waals surface area contributed by atoms with Gasteiger partial charge in [0.25, 0.3) is 0 Å². The van der Waals surface area contributed by atoms with E-state index >= 15 is 0 Å². The van der Waals surface area contributed by atoms with Crippen LogP contribution in [0.1, 0.15) is 42.5 Å². The fourth-order valence-corrected chi connectivity index (χ4v) is 3.71. The van der Waals surface area contributed by atoms with Crippen LogP contribution in [0.5, 0.6) is 5.75 Å². The van der Waals surface area contributed by atoms with E-state index in [2.05, 4.69) is 15.6 Å². The fourth-order valence-electron chi connectivity index (χ4n) is 3.71. The highest BCUT2D eigenvalue weighted by Crippen LogP contribution is 2.20. The molecule has 4 rings (SSSR count). The Bertz CT molecular complexity index is 1230. The Morgan fingerprint density at radius 3 is 2.28 bits per heavy atom. The monoisotopic (exact) mass is 486 g/mol. The van der Waals surface area contributed by atoms with E-state index in [1.165, 1.54) is 4.90 Å². The molecule has 1 saturated heterocycles. The number of amides is 4. The number of carbonyl (C=O) groups is 4. The highest BCUT2D eigenvalue weighted by atomic mass is 16.5. The molecule has 2 N–H and O–H groups in total. The lowest BCUT2D eigenvalue weighted by Crippen LogP contribution is -2.36.